The van der Waals surface area contributed by atoms with Gasteiger partial charge in [0.25, 0.3) is 5.91 Å². The number of carbonyl (C=O) groups excluding carboxylic acids is 1. The second-order valence-corrected chi connectivity index (χ2v) is 7.17. The number of ether oxygens (including phenoxy) is 1. The van der Waals surface area contributed by atoms with Gasteiger partial charge >= 0.3 is 6.18 Å². The lowest BCUT2D eigenvalue weighted by Crippen LogP contribution is -2.36. The molecule has 0 saturated heterocycles. The second kappa shape index (κ2) is 7.60. The van der Waals surface area contributed by atoms with Crippen LogP contribution >= 0.6 is 0 Å². The van der Waals surface area contributed by atoms with Crippen LogP contribution in [0.3, 0.4) is 0 Å². The van der Waals surface area contributed by atoms with Crippen LogP contribution in [-0.2, 0) is 23.9 Å². The first kappa shape index (κ1) is 20.1. The summed E-state index contributed by atoms with van der Waals surface area (Å²) in [7, 11) is 0. The van der Waals surface area contributed by atoms with Crippen molar-refractivity contribution in [3.63, 3.8) is 0 Å². The quantitative estimate of drug-likeness (QED) is 0.629. The summed E-state index contributed by atoms with van der Waals surface area (Å²) in [5.41, 5.74) is 0.847. The highest BCUT2D eigenvalue weighted by Gasteiger charge is 2.34. The van der Waals surface area contributed by atoms with Gasteiger partial charge in [0.05, 0.1) is 30.7 Å². The van der Waals surface area contributed by atoms with E-state index in [9.17, 15) is 18.0 Å². The topological polar surface area (TPSA) is 80.6 Å². The average Bonchev–Trinajstić information content (AvgIpc) is 3.10. The highest BCUT2D eigenvalue weighted by molar-refractivity contribution is 6.00. The fraction of sp³-hybridized carbons (Fsp3) is 0.350. The molecule has 10 heteroatoms. The maximum absolute atomic E-state index is 13.6. The largest absolute Gasteiger partial charge is 0.418 e. The van der Waals surface area contributed by atoms with Crippen molar-refractivity contribution < 1.29 is 22.7 Å². The van der Waals surface area contributed by atoms with Crippen molar-refractivity contribution in [3.05, 3.63) is 52.8 Å². The van der Waals surface area contributed by atoms with Crippen LogP contribution in [0.4, 0.5) is 24.7 Å². The number of amides is 1. The van der Waals surface area contributed by atoms with Gasteiger partial charge in [0, 0.05) is 17.8 Å². The number of aromatic nitrogens is 3. The molecular formula is C20H20F3N5O2. The fourth-order valence-corrected chi connectivity index (χ4v) is 3.37. The second-order valence-electron chi connectivity index (χ2n) is 7.17. The van der Waals surface area contributed by atoms with Crippen LogP contribution in [-0.4, -0.2) is 33.2 Å². The zero-order valence-corrected chi connectivity index (χ0v) is 16.4. The molecule has 2 N–H and O–H groups in total. The molecule has 3 aromatic rings. The Labute approximate surface area is 170 Å². The van der Waals surface area contributed by atoms with E-state index in [0.29, 0.717) is 17.7 Å². The van der Waals surface area contributed by atoms with Crippen LogP contribution in [0, 0.1) is 0 Å². The van der Waals surface area contributed by atoms with Crippen molar-refractivity contribution in [3.8, 4) is 0 Å². The normalized spacial score (nSPS) is 17.5. The lowest BCUT2D eigenvalue weighted by Gasteiger charge is -2.18. The number of hydrogen-bond acceptors (Lipinski definition) is 5. The van der Waals surface area contributed by atoms with Gasteiger partial charge in [0.2, 0.25) is 0 Å². The minimum atomic E-state index is -4.54. The first-order valence-corrected chi connectivity index (χ1v) is 9.49. The Bertz CT molecular complexity index is 1110. The Balaban J connectivity index is 1.90. The van der Waals surface area contributed by atoms with Gasteiger partial charge in [-0.1, -0.05) is 13.0 Å². The molecule has 1 aliphatic rings. The number of aryl methyl sites for hydroxylation is 1. The van der Waals surface area contributed by atoms with Gasteiger partial charge in [0.1, 0.15) is 11.4 Å². The van der Waals surface area contributed by atoms with Gasteiger partial charge in [-0.15, -0.1) is 0 Å². The van der Waals surface area contributed by atoms with Gasteiger partial charge in [-0.3, -0.25) is 4.79 Å². The molecule has 0 unspecified atom stereocenters. The van der Waals surface area contributed by atoms with Crippen molar-refractivity contribution in [1.29, 1.82) is 0 Å². The molecule has 0 spiro atoms. The average molecular weight is 419 g/mol. The summed E-state index contributed by atoms with van der Waals surface area (Å²) in [5, 5.41) is 9.85. The minimum Gasteiger partial charge on any atom is -0.375 e. The van der Waals surface area contributed by atoms with Gasteiger partial charge < -0.3 is 15.4 Å². The van der Waals surface area contributed by atoms with E-state index in [1.807, 2.05) is 6.92 Å². The Kier molecular flexibility index (Phi) is 5.10. The molecule has 1 amide bonds. The van der Waals surface area contributed by atoms with E-state index in [0.717, 1.165) is 6.07 Å². The molecule has 4 rings (SSSR count). The predicted molar refractivity (Wildman–Crippen MR) is 104 cm³/mol. The van der Waals surface area contributed by atoms with E-state index in [1.165, 1.54) is 22.8 Å². The SMILES string of the molecule is CCc1cc2nc3c(cnn13)C(=O)N[C@H](C)COCc1ccc(C(F)(F)F)c(c1)N2. The number of nitrogens with one attached hydrogen (secondary N) is 2. The highest BCUT2D eigenvalue weighted by atomic mass is 19.4. The standard InChI is InChI=1S/C20H20F3N5O2/c1-3-13-7-17-26-16-6-12(4-5-15(16)20(21,22)23)10-30-9-11(2)25-19(29)14-8-24-28(13)18(14)27-17/h4-8,11H,3,9-10H2,1-2H3,(H,25,29)(H,26,27)/t11-/m1/s1. The third-order valence-corrected chi connectivity index (χ3v) is 4.82. The van der Waals surface area contributed by atoms with E-state index in [2.05, 4.69) is 20.7 Å². The molecular weight excluding hydrogens is 399 g/mol. The molecule has 1 atom stereocenters. The zero-order chi connectivity index (χ0) is 21.5. The van der Waals surface area contributed by atoms with E-state index < -0.39 is 11.7 Å². The fourth-order valence-electron chi connectivity index (χ4n) is 3.37. The molecule has 1 aliphatic heterocycles. The summed E-state index contributed by atoms with van der Waals surface area (Å²) < 4.78 is 47.8. The maximum atomic E-state index is 13.6. The van der Waals surface area contributed by atoms with Crippen LogP contribution < -0.4 is 10.6 Å². The first-order valence-electron chi connectivity index (χ1n) is 9.49. The van der Waals surface area contributed by atoms with Gasteiger partial charge in [-0.25, -0.2) is 9.50 Å². The Morgan fingerprint density at radius 2 is 2.10 bits per heavy atom. The van der Waals surface area contributed by atoms with Crippen molar-refractivity contribution in [2.75, 3.05) is 11.9 Å². The van der Waals surface area contributed by atoms with E-state index in [-0.39, 0.29) is 47.9 Å². The molecule has 2 aromatic heterocycles. The summed E-state index contributed by atoms with van der Waals surface area (Å²) in [6.45, 7) is 3.98. The highest BCUT2D eigenvalue weighted by Crippen LogP contribution is 2.37. The zero-order valence-electron chi connectivity index (χ0n) is 16.4. The first-order chi connectivity index (χ1) is 14.3. The molecule has 1 aromatic carbocycles. The van der Waals surface area contributed by atoms with Crippen molar-refractivity contribution >= 4 is 23.1 Å². The number of rotatable bonds is 1. The van der Waals surface area contributed by atoms with Crippen molar-refractivity contribution in [2.24, 2.45) is 0 Å². The third kappa shape index (κ3) is 3.82. The minimum absolute atomic E-state index is 0.110. The van der Waals surface area contributed by atoms with Crippen LogP contribution in [0.15, 0.2) is 30.5 Å². The molecule has 0 saturated carbocycles. The molecule has 7 nitrogen and oxygen atoms in total. The predicted octanol–water partition coefficient (Wildman–Crippen LogP) is 3.70. The molecule has 0 radical (unpaired) electrons. The summed E-state index contributed by atoms with van der Waals surface area (Å²) >= 11 is 0. The number of hydrogen-bond donors (Lipinski definition) is 2. The Morgan fingerprint density at radius 3 is 2.83 bits per heavy atom. The lowest BCUT2D eigenvalue weighted by atomic mass is 10.1. The molecule has 0 aliphatic carbocycles. The summed E-state index contributed by atoms with van der Waals surface area (Å²) in [4.78, 5) is 17.1. The van der Waals surface area contributed by atoms with Crippen molar-refractivity contribution in [1.82, 2.24) is 19.9 Å². The molecule has 0 fully saturated rings. The lowest BCUT2D eigenvalue weighted by molar-refractivity contribution is -0.136. The Hall–Kier alpha value is -3.14. The van der Waals surface area contributed by atoms with Crippen LogP contribution in [0.1, 0.15) is 41.0 Å². The number of anilines is 2. The molecule has 158 valence electrons. The number of benzene rings is 1. The van der Waals surface area contributed by atoms with Crippen LogP contribution in [0.2, 0.25) is 0 Å². The van der Waals surface area contributed by atoms with Crippen molar-refractivity contribution in [2.45, 2.75) is 39.1 Å². The van der Waals surface area contributed by atoms with E-state index in [1.54, 1.807) is 13.0 Å². The number of alkyl halides is 3. The number of nitrogens with zero attached hydrogens (tertiary/aromatic N) is 3. The van der Waals surface area contributed by atoms with E-state index in [4.69, 9.17) is 4.74 Å². The smallest absolute Gasteiger partial charge is 0.375 e. The van der Waals surface area contributed by atoms with E-state index >= 15 is 0 Å². The summed E-state index contributed by atoms with van der Waals surface area (Å²) in [6.07, 6.45) is -2.59. The molecule has 30 heavy (non-hydrogen) atoms. The third-order valence-electron chi connectivity index (χ3n) is 4.82. The van der Waals surface area contributed by atoms with Crippen LogP contribution in [0.5, 0.6) is 0 Å². The number of fused-ring (bicyclic) bond motifs is 3. The Morgan fingerprint density at radius 1 is 1.30 bits per heavy atom. The van der Waals surface area contributed by atoms with Crippen LogP contribution in [0.25, 0.3) is 5.65 Å². The number of carbonyl (C=O) groups is 1. The monoisotopic (exact) mass is 419 g/mol. The van der Waals surface area contributed by atoms with Gasteiger partial charge in [-0.05, 0) is 31.0 Å². The maximum Gasteiger partial charge on any atom is 0.418 e. The van der Waals surface area contributed by atoms with Gasteiger partial charge in [-0.2, -0.15) is 18.3 Å². The summed E-state index contributed by atoms with van der Waals surface area (Å²) in [5.74, 6) is -0.179. The molecule has 4 bridgehead atoms. The number of halogens is 3. The van der Waals surface area contributed by atoms with Gasteiger partial charge in [0.15, 0.2) is 5.65 Å². The summed E-state index contributed by atoms with van der Waals surface area (Å²) in [6, 6.07) is 5.14. The molecule has 3 heterocycles.